The molecule has 3 heterocycles. The lowest BCUT2D eigenvalue weighted by Gasteiger charge is -2.04. The summed E-state index contributed by atoms with van der Waals surface area (Å²) in [5.74, 6) is 0.917. The molecule has 0 spiro atoms. The summed E-state index contributed by atoms with van der Waals surface area (Å²) in [6.45, 7) is 0. The van der Waals surface area contributed by atoms with Gasteiger partial charge in [-0.05, 0) is 75.5 Å². The van der Waals surface area contributed by atoms with Crippen LogP contribution >= 0.6 is 86.9 Å². The number of benzene rings is 3. The minimum atomic E-state index is 0.0914. The van der Waals surface area contributed by atoms with Gasteiger partial charge in [-0.25, -0.2) is 29.9 Å². The minimum Gasteiger partial charge on any atom is -0.506 e. The smallest absolute Gasteiger partial charge is 0.223 e. The number of ether oxygens (including phenoxy) is 1. The zero-order valence-corrected chi connectivity index (χ0v) is 27.8. The number of halogens is 6. The number of aromatic nitrogens is 6. The topological polar surface area (TPSA) is 127 Å². The number of fused-ring (bicyclic) bond motifs is 3. The zero-order chi connectivity index (χ0) is 29.0. The number of rotatable bonds is 1. The second-order valence-corrected chi connectivity index (χ2v) is 11.8. The van der Waals surface area contributed by atoms with Crippen molar-refractivity contribution in [2.45, 2.75) is 0 Å². The molecule has 0 bridgehead atoms. The maximum absolute atomic E-state index is 9.54. The van der Waals surface area contributed by atoms with Gasteiger partial charge in [-0.3, -0.25) is 0 Å². The van der Waals surface area contributed by atoms with Crippen molar-refractivity contribution in [3.05, 3.63) is 83.7 Å². The van der Waals surface area contributed by atoms with E-state index in [0.717, 1.165) is 35.1 Å². The van der Waals surface area contributed by atoms with E-state index in [-0.39, 0.29) is 22.1 Å². The highest BCUT2D eigenvalue weighted by atomic mass is 79.9. The molecule has 3 aromatic heterocycles. The van der Waals surface area contributed by atoms with Crippen molar-refractivity contribution >= 4 is 120 Å². The Balaban J connectivity index is 0.000000139. The number of aromatic hydroxyl groups is 2. The van der Waals surface area contributed by atoms with Gasteiger partial charge in [0.1, 0.15) is 33.8 Å². The monoisotopic (exact) mass is 832 g/mol. The van der Waals surface area contributed by atoms with Crippen LogP contribution in [0.25, 0.3) is 32.7 Å². The van der Waals surface area contributed by atoms with Gasteiger partial charge in [-0.1, -0.05) is 47.8 Å². The molecule has 0 saturated carbocycles. The van der Waals surface area contributed by atoms with E-state index in [1.165, 1.54) is 0 Å². The van der Waals surface area contributed by atoms with Crippen LogP contribution in [0.15, 0.2) is 73.1 Å². The van der Waals surface area contributed by atoms with Crippen LogP contribution < -0.4 is 4.74 Å². The lowest BCUT2D eigenvalue weighted by molar-refractivity contribution is 0.418. The molecule has 40 heavy (non-hydrogen) atoms. The fourth-order valence-corrected chi connectivity index (χ4v) is 5.28. The van der Waals surface area contributed by atoms with Crippen LogP contribution in [0.3, 0.4) is 0 Å². The van der Waals surface area contributed by atoms with Gasteiger partial charge in [0.25, 0.3) is 0 Å². The molecule has 0 aliphatic rings. The molecule has 0 radical (unpaired) electrons. The van der Waals surface area contributed by atoms with Crippen LogP contribution in [0.2, 0.25) is 10.6 Å². The average Bonchev–Trinajstić information content (AvgIpc) is 2.90. The predicted octanol–water partition coefficient (Wildman–Crippen LogP) is 8.67. The number of nitrogens with zero attached hydrogens (tertiary/aromatic N) is 6. The Labute approximate surface area is 270 Å². The van der Waals surface area contributed by atoms with Gasteiger partial charge in [0.2, 0.25) is 10.6 Å². The molecule has 0 aliphatic carbocycles. The quantitative estimate of drug-likeness (QED) is 0.157. The molecular formula is C25H14Br4Cl2N6O3. The number of hydrogen-bond donors (Lipinski definition) is 2. The molecule has 2 N–H and O–H groups in total. The lowest BCUT2D eigenvalue weighted by Crippen LogP contribution is -1.90. The second-order valence-electron chi connectivity index (χ2n) is 7.69. The summed E-state index contributed by atoms with van der Waals surface area (Å²) in [6, 6.07) is 10.6. The molecule has 0 fully saturated rings. The van der Waals surface area contributed by atoms with Crippen LogP contribution in [0.5, 0.6) is 17.2 Å². The Morgan fingerprint density at radius 1 is 0.600 bits per heavy atom. The third kappa shape index (κ3) is 7.65. The van der Waals surface area contributed by atoms with Gasteiger partial charge >= 0.3 is 0 Å². The molecule has 204 valence electrons. The van der Waals surface area contributed by atoms with Gasteiger partial charge in [-0.2, -0.15) is 0 Å². The third-order valence-electron chi connectivity index (χ3n) is 5.00. The van der Waals surface area contributed by atoms with Crippen molar-refractivity contribution in [1.82, 2.24) is 29.9 Å². The van der Waals surface area contributed by atoms with E-state index in [0.29, 0.717) is 21.5 Å². The maximum atomic E-state index is 9.54. The highest BCUT2D eigenvalue weighted by molar-refractivity contribution is 9.11. The predicted molar refractivity (Wildman–Crippen MR) is 169 cm³/mol. The number of phenols is 2. The fourth-order valence-electron chi connectivity index (χ4n) is 3.35. The molecular weight excluding hydrogens is 823 g/mol. The van der Waals surface area contributed by atoms with E-state index in [1.54, 1.807) is 37.8 Å². The molecule has 0 atom stereocenters. The Kier molecular flexibility index (Phi) is 10.3. The van der Waals surface area contributed by atoms with Crippen LogP contribution in [-0.2, 0) is 0 Å². The molecule has 0 amide bonds. The maximum Gasteiger partial charge on any atom is 0.223 e. The van der Waals surface area contributed by atoms with Gasteiger partial charge in [0.05, 0.1) is 7.11 Å². The lowest BCUT2D eigenvalue weighted by atomic mass is 10.2. The largest absolute Gasteiger partial charge is 0.506 e. The van der Waals surface area contributed by atoms with Gasteiger partial charge in [0, 0.05) is 48.2 Å². The summed E-state index contributed by atoms with van der Waals surface area (Å²) < 4.78 is 8.17. The summed E-state index contributed by atoms with van der Waals surface area (Å²) in [5.41, 5.74) is 1.73. The summed E-state index contributed by atoms with van der Waals surface area (Å²) in [7, 11) is 1.59. The Hall–Kier alpha value is -2.42. The highest BCUT2D eigenvalue weighted by Crippen LogP contribution is 2.30. The van der Waals surface area contributed by atoms with Gasteiger partial charge in [-0.15, -0.1) is 0 Å². The Morgan fingerprint density at radius 2 is 1.02 bits per heavy atom. The highest BCUT2D eigenvalue weighted by Gasteiger charge is 2.07. The van der Waals surface area contributed by atoms with Crippen LogP contribution in [0.4, 0.5) is 0 Å². The van der Waals surface area contributed by atoms with Crippen molar-refractivity contribution in [2.24, 2.45) is 0 Å². The van der Waals surface area contributed by atoms with E-state index < -0.39 is 0 Å². The van der Waals surface area contributed by atoms with Crippen molar-refractivity contribution in [3.63, 3.8) is 0 Å². The van der Waals surface area contributed by atoms with Crippen molar-refractivity contribution in [2.75, 3.05) is 7.11 Å². The van der Waals surface area contributed by atoms with Crippen molar-refractivity contribution in [1.29, 1.82) is 0 Å². The Morgan fingerprint density at radius 3 is 1.55 bits per heavy atom. The van der Waals surface area contributed by atoms with E-state index in [1.807, 2.05) is 24.3 Å². The SMILES string of the molecule is COc1cc(Br)cc2cnc(Cl)nc12.Oc1cc(Br)cc2cnc(Br)nc12.Oc1cc(Br)cc2cnc(Cl)nc12. The fraction of sp³-hybridized carbons (Fsp3) is 0.0400. The molecule has 15 heteroatoms. The van der Waals surface area contributed by atoms with Crippen LogP contribution in [0, 0.1) is 0 Å². The molecule has 0 aliphatic heterocycles. The Bertz CT molecular complexity index is 1780. The first-order valence-corrected chi connectivity index (χ1v) is 14.7. The first-order valence-electron chi connectivity index (χ1n) is 10.8. The summed E-state index contributed by atoms with van der Waals surface area (Å²) in [6.07, 6.45) is 4.88. The van der Waals surface area contributed by atoms with E-state index in [9.17, 15) is 10.2 Å². The van der Waals surface area contributed by atoms with Gasteiger partial charge < -0.3 is 14.9 Å². The second kappa shape index (κ2) is 13.5. The van der Waals surface area contributed by atoms with E-state index in [4.69, 9.17) is 27.9 Å². The van der Waals surface area contributed by atoms with Gasteiger partial charge in [0.15, 0.2) is 4.73 Å². The number of phenolic OH excluding ortho intramolecular Hbond substituents is 2. The molecule has 6 rings (SSSR count). The first kappa shape index (κ1) is 30.5. The van der Waals surface area contributed by atoms with E-state index in [2.05, 4.69) is 93.6 Å². The molecule has 0 unspecified atom stereocenters. The normalized spacial score (nSPS) is 10.6. The number of methoxy groups -OCH3 is 1. The van der Waals surface area contributed by atoms with Crippen LogP contribution in [0.1, 0.15) is 0 Å². The first-order chi connectivity index (χ1) is 19.0. The molecule has 6 aromatic rings. The van der Waals surface area contributed by atoms with E-state index >= 15 is 0 Å². The molecule has 9 nitrogen and oxygen atoms in total. The van der Waals surface area contributed by atoms with Crippen molar-refractivity contribution in [3.8, 4) is 17.2 Å². The number of hydrogen-bond acceptors (Lipinski definition) is 9. The molecule has 3 aromatic carbocycles. The summed E-state index contributed by atoms with van der Waals surface area (Å²) >= 11 is 24.3. The van der Waals surface area contributed by atoms with Crippen molar-refractivity contribution < 1.29 is 14.9 Å². The minimum absolute atomic E-state index is 0.0914. The summed E-state index contributed by atoms with van der Waals surface area (Å²) in [4.78, 5) is 23.7. The zero-order valence-electron chi connectivity index (χ0n) is 19.9. The summed E-state index contributed by atoms with van der Waals surface area (Å²) in [5, 5.41) is 21.8. The molecule has 0 saturated heterocycles. The average molecular weight is 837 g/mol. The third-order valence-corrected chi connectivity index (χ3v) is 7.12. The van der Waals surface area contributed by atoms with Crippen LogP contribution in [-0.4, -0.2) is 47.2 Å². The standard InChI is InChI=1S/C9H6BrClN2O.C8H4Br2N2O.C8H4BrClN2O/c1-14-7-3-6(10)2-5-4-12-9(11)13-8(5)7;2*9-5-1-4-3-11-8(10)12-7(4)6(13)2-5/h2-4H,1H3;2*1-3,13H.